The van der Waals surface area contributed by atoms with E-state index in [1.807, 2.05) is 0 Å². The highest BCUT2D eigenvalue weighted by Gasteiger charge is 2.08. The molecule has 0 spiro atoms. The first kappa shape index (κ1) is 14.2. The van der Waals surface area contributed by atoms with E-state index in [0.29, 0.717) is 10.7 Å². The predicted octanol–water partition coefficient (Wildman–Crippen LogP) is 4.97. The maximum absolute atomic E-state index is 5.97. The summed E-state index contributed by atoms with van der Waals surface area (Å²) in [7, 11) is 0. The molecule has 19 heavy (non-hydrogen) atoms. The van der Waals surface area contributed by atoms with Crippen molar-refractivity contribution in [3.8, 4) is 0 Å². The van der Waals surface area contributed by atoms with Crippen molar-refractivity contribution < 1.29 is 4.42 Å². The second kappa shape index (κ2) is 6.80. The molecule has 0 saturated heterocycles. The molecule has 2 rings (SSSR count). The minimum atomic E-state index is 0.534. The van der Waals surface area contributed by atoms with Gasteiger partial charge in [-0.05, 0) is 12.5 Å². The van der Waals surface area contributed by atoms with E-state index in [2.05, 4.69) is 11.9 Å². The summed E-state index contributed by atoms with van der Waals surface area (Å²) in [5.74, 6) is 0.784. The van der Waals surface area contributed by atoms with E-state index in [1.54, 1.807) is 12.1 Å². The van der Waals surface area contributed by atoms with E-state index in [1.165, 1.54) is 32.1 Å². The van der Waals surface area contributed by atoms with E-state index < -0.39 is 0 Å². The fourth-order valence-corrected chi connectivity index (χ4v) is 2.33. The number of unbranched alkanes of at least 4 members (excludes halogenated alkanes) is 5. The molecule has 0 aliphatic heterocycles. The Morgan fingerprint density at radius 3 is 2.68 bits per heavy atom. The van der Waals surface area contributed by atoms with Crippen molar-refractivity contribution in [3.05, 3.63) is 23.0 Å². The molecule has 0 fully saturated rings. The predicted molar refractivity (Wildman–Crippen MR) is 80.5 cm³/mol. The summed E-state index contributed by atoms with van der Waals surface area (Å²) in [5.41, 5.74) is 7.80. The average molecular weight is 281 g/mol. The number of hydrogen-bond acceptors (Lipinski definition) is 3. The molecule has 0 unspecified atom stereocenters. The van der Waals surface area contributed by atoms with Gasteiger partial charge in [0.2, 0.25) is 0 Å². The highest BCUT2D eigenvalue weighted by Crippen LogP contribution is 2.26. The first-order valence-corrected chi connectivity index (χ1v) is 7.43. The quantitative estimate of drug-likeness (QED) is 0.576. The number of halogens is 1. The molecule has 0 bridgehead atoms. The van der Waals surface area contributed by atoms with Gasteiger partial charge in [0.15, 0.2) is 11.5 Å². The molecular weight excluding hydrogens is 260 g/mol. The number of nitrogens with two attached hydrogens (primary N) is 1. The van der Waals surface area contributed by atoms with Crippen molar-refractivity contribution in [1.29, 1.82) is 0 Å². The van der Waals surface area contributed by atoms with E-state index in [0.717, 1.165) is 29.8 Å². The fourth-order valence-electron chi connectivity index (χ4n) is 2.18. The van der Waals surface area contributed by atoms with Gasteiger partial charge in [0.25, 0.3) is 0 Å². The van der Waals surface area contributed by atoms with Crippen molar-refractivity contribution in [3.63, 3.8) is 0 Å². The number of hydrogen-bond donors (Lipinski definition) is 1. The number of nitrogen functional groups attached to an aromatic ring is 1. The van der Waals surface area contributed by atoms with E-state index >= 15 is 0 Å². The van der Waals surface area contributed by atoms with Crippen molar-refractivity contribution in [1.82, 2.24) is 4.98 Å². The number of aromatic nitrogens is 1. The van der Waals surface area contributed by atoms with Gasteiger partial charge in [-0.3, -0.25) is 0 Å². The molecule has 0 amide bonds. The first-order chi connectivity index (χ1) is 9.20. The number of rotatable bonds is 7. The van der Waals surface area contributed by atoms with Crippen LogP contribution in [0, 0.1) is 0 Å². The largest absolute Gasteiger partial charge is 0.441 e. The Labute approximate surface area is 119 Å². The fraction of sp³-hybridized carbons (Fsp3) is 0.533. The third kappa shape index (κ3) is 3.87. The van der Waals surface area contributed by atoms with Gasteiger partial charge in [0.05, 0.1) is 10.7 Å². The lowest BCUT2D eigenvalue weighted by Gasteiger charge is -1.98. The molecule has 1 heterocycles. The van der Waals surface area contributed by atoms with Gasteiger partial charge >= 0.3 is 0 Å². The zero-order valence-electron chi connectivity index (χ0n) is 11.4. The Kier molecular flexibility index (Phi) is 5.08. The number of aryl methyl sites for hydroxylation is 1. The maximum Gasteiger partial charge on any atom is 0.195 e. The molecule has 0 radical (unpaired) electrons. The zero-order valence-corrected chi connectivity index (χ0v) is 12.2. The summed E-state index contributed by atoms with van der Waals surface area (Å²) in [6, 6.07) is 3.51. The van der Waals surface area contributed by atoms with Crippen molar-refractivity contribution in [2.45, 2.75) is 51.9 Å². The molecule has 3 nitrogen and oxygen atoms in total. The number of nitrogens with zero attached hydrogens (tertiary/aromatic N) is 1. The molecule has 0 atom stereocenters. The molecule has 2 N–H and O–H groups in total. The summed E-state index contributed by atoms with van der Waals surface area (Å²) in [6.45, 7) is 2.23. The van der Waals surface area contributed by atoms with Crippen LogP contribution in [0.4, 0.5) is 5.69 Å². The third-order valence-corrected chi connectivity index (χ3v) is 3.62. The minimum Gasteiger partial charge on any atom is -0.441 e. The van der Waals surface area contributed by atoms with Crippen molar-refractivity contribution in [2.24, 2.45) is 0 Å². The molecule has 2 aromatic rings. The van der Waals surface area contributed by atoms with Gasteiger partial charge in [0, 0.05) is 12.5 Å². The Balaban J connectivity index is 1.87. The molecule has 0 aliphatic rings. The average Bonchev–Trinajstić information content (AvgIpc) is 2.76. The van der Waals surface area contributed by atoms with Gasteiger partial charge < -0.3 is 10.2 Å². The van der Waals surface area contributed by atoms with Gasteiger partial charge in [-0.1, -0.05) is 50.6 Å². The second-order valence-corrected chi connectivity index (χ2v) is 5.37. The lowest BCUT2D eigenvalue weighted by molar-refractivity contribution is 0.505. The third-order valence-electron chi connectivity index (χ3n) is 3.30. The zero-order chi connectivity index (χ0) is 13.7. The Morgan fingerprint density at radius 2 is 1.89 bits per heavy atom. The first-order valence-electron chi connectivity index (χ1n) is 7.05. The Bertz CT molecular complexity index is 497. The van der Waals surface area contributed by atoms with Crippen molar-refractivity contribution >= 4 is 28.4 Å². The monoisotopic (exact) mass is 280 g/mol. The SMILES string of the molecule is CCCCCCCCc1nc2cc(Cl)c(N)cc2o1. The lowest BCUT2D eigenvalue weighted by Crippen LogP contribution is -1.86. The molecular formula is C15H21ClN2O. The van der Waals surface area contributed by atoms with Gasteiger partial charge in [-0.15, -0.1) is 0 Å². The van der Waals surface area contributed by atoms with Crippen LogP contribution in [-0.2, 0) is 6.42 Å². The molecule has 1 aromatic heterocycles. The smallest absolute Gasteiger partial charge is 0.195 e. The standard InChI is InChI=1S/C15H21ClN2O/c1-2-3-4-5-6-7-8-15-18-13-9-11(16)12(17)10-14(13)19-15/h9-10H,2-8,17H2,1H3. The van der Waals surface area contributed by atoms with Crippen LogP contribution in [0.1, 0.15) is 51.3 Å². The van der Waals surface area contributed by atoms with Crippen LogP contribution in [0.15, 0.2) is 16.5 Å². The summed E-state index contributed by atoms with van der Waals surface area (Å²) in [4.78, 5) is 4.44. The van der Waals surface area contributed by atoms with Gasteiger partial charge in [-0.2, -0.15) is 0 Å². The Hall–Kier alpha value is -1.22. The van der Waals surface area contributed by atoms with Crippen LogP contribution < -0.4 is 5.73 Å². The minimum absolute atomic E-state index is 0.534. The van der Waals surface area contributed by atoms with Crippen LogP contribution >= 0.6 is 11.6 Å². The number of benzene rings is 1. The summed E-state index contributed by atoms with van der Waals surface area (Å²) in [5, 5.41) is 0.534. The van der Waals surface area contributed by atoms with Crippen LogP contribution in [0.5, 0.6) is 0 Å². The van der Waals surface area contributed by atoms with Crippen LogP contribution in [-0.4, -0.2) is 4.98 Å². The molecule has 0 saturated carbocycles. The Morgan fingerprint density at radius 1 is 1.16 bits per heavy atom. The number of oxazole rings is 1. The van der Waals surface area contributed by atoms with E-state index in [-0.39, 0.29) is 0 Å². The summed E-state index contributed by atoms with van der Waals surface area (Å²) in [6.07, 6.45) is 8.50. The maximum atomic E-state index is 5.97. The van der Waals surface area contributed by atoms with E-state index in [4.69, 9.17) is 21.8 Å². The van der Waals surface area contributed by atoms with Crippen LogP contribution in [0.3, 0.4) is 0 Å². The highest BCUT2D eigenvalue weighted by atomic mass is 35.5. The lowest BCUT2D eigenvalue weighted by atomic mass is 10.1. The van der Waals surface area contributed by atoms with Gasteiger partial charge in [-0.25, -0.2) is 4.98 Å². The molecule has 104 valence electrons. The number of fused-ring (bicyclic) bond motifs is 1. The topological polar surface area (TPSA) is 52.0 Å². The summed E-state index contributed by atoms with van der Waals surface area (Å²) >= 11 is 5.97. The highest BCUT2D eigenvalue weighted by molar-refractivity contribution is 6.33. The molecule has 4 heteroatoms. The molecule has 0 aliphatic carbocycles. The summed E-state index contributed by atoms with van der Waals surface area (Å²) < 4.78 is 5.68. The normalized spacial score (nSPS) is 11.3. The van der Waals surface area contributed by atoms with Crippen LogP contribution in [0.25, 0.3) is 11.1 Å². The molecule has 1 aromatic carbocycles. The van der Waals surface area contributed by atoms with Gasteiger partial charge in [0.1, 0.15) is 5.52 Å². The number of anilines is 1. The van der Waals surface area contributed by atoms with Crippen molar-refractivity contribution in [2.75, 3.05) is 5.73 Å². The van der Waals surface area contributed by atoms with Crippen LogP contribution in [0.2, 0.25) is 5.02 Å². The second-order valence-electron chi connectivity index (χ2n) is 4.97. The van der Waals surface area contributed by atoms with E-state index in [9.17, 15) is 0 Å².